The summed E-state index contributed by atoms with van der Waals surface area (Å²) in [7, 11) is -3.85. The number of carbonyl (C=O) groups is 1. The average Bonchev–Trinajstić information content (AvgIpc) is 2.71. The van der Waals surface area contributed by atoms with Crippen LogP contribution in [0.4, 0.5) is 11.4 Å². The van der Waals surface area contributed by atoms with E-state index in [4.69, 9.17) is 0 Å². The predicted molar refractivity (Wildman–Crippen MR) is 122 cm³/mol. The van der Waals surface area contributed by atoms with E-state index in [9.17, 15) is 13.2 Å². The van der Waals surface area contributed by atoms with Gasteiger partial charge in [0, 0.05) is 16.9 Å². The number of aryl methyl sites for hydroxylation is 4. The Kier molecular flexibility index (Phi) is 6.27. The second kappa shape index (κ2) is 8.71. The van der Waals surface area contributed by atoms with E-state index in [0.29, 0.717) is 11.3 Å². The Labute approximate surface area is 178 Å². The van der Waals surface area contributed by atoms with Gasteiger partial charge in [-0.2, -0.15) is 0 Å². The minimum absolute atomic E-state index is 0.0807. The van der Waals surface area contributed by atoms with Crippen molar-refractivity contribution < 1.29 is 13.2 Å². The van der Waals surface area contributed by atoms with Gasteiger partial charge in [0.2, 0.25) is 0 Å². The van der Waals surface area contributed by atoms with Gasteiger partial charge < -0.3 is 5.32 Å². The summed E-state index contributed by atoms with van der Waals surface area (Å²) in [6.45, 7) is 7.62. The lowest BCUT2D eigenvalue weighted by molar-refractivity contribution is 0.102. The molecule has 2 N–H and O–H groups in total. The average molecular weight is 423 g/mol. The summed E-state index contributed by atoms with van der Waals surface area (Å²) in [5.41, 5.74) is 5.16. The maximum absolute atomic E-state index is 13.0. The van der Waals surface area contributed by atoms with E-state index in [-0.39, 0.29) is 16.4 Å². The number of amides is 1. The van der Waals surface area contributed by atoms with E-state index in [0.717, 1.165) is 28.8 Å². The summed E-state index contributed by atoms with van der Waals surface area (Å²) in [5, 5.41) is 2.89. The Balaban J connectivity index is 1.90. The Morgan fingerprint density at radius 1 is 0.867 bits per heavy atom. The van der Waals surface area contributed by atoms with Gasteiger partial charge in [0.05, 0.1) is 4.90 Å². The van der Waals surface area contributed by atoms with Crippen LogP contribution in [0.3, 0.4) is 0 Å². The molecule has 0 aliphatic rings. The van der Waals surface area contributed by atoms with E-state index in [2.05, 4.69) is 10.0 Å². The van der Waals surface area contributed by atoms with Gasteiger partial charge in [-0.05, 0) is 79.8 Å². The first-order valence-electron chi connectivity index (χ1n) is 9.81. The molecular weight excluding hydrogens is 396 g/mol. The van der Waals surface area contributed by atoms with Gasteiger partial charge >= 0.3 is 0 Å². The van der Waals surface area contributed by atoms with Crippen LogP contribution < -0.4 is 10.0 Å². The fraction of sp³-hybridized carbons (Fsp3) is 0.208. The van der Waals surface area contributed by atoms with Crippen molar-refractivity contribution >= 4 is 27.3 Å². The Morgan fingerprint density at radius 2 is 1.57 bits per heavy atom. The third kappa shape index (κ3) is 4.71. The molecule has 3 rings (SSSR count). The normalized spacial score (nSPS) is 11.2. The van der Waals surface area contributed by atoms with Crippen molar-refractivity contribution in [3.63, 3.8) is 0 Å². The highest BCUT2D eigenvalue weighted by molar-refractivity contribution is 7.92. The van der Waals surface area contributed by atoms with Crippen molar-refractivity contribution in [3.8, 4) is 0 Å². The highest BCUT2D eigenvalue weighted by Crippen LogP contribution is 2.23. The number of para-hydroxylation sites is 1. The number of anilines is 2. The van der Waals surface area contributed by atoms with E-state index in [1.165, 1.54) is 6.07 Å². The monoisotopic (exact) mass is 422 g/mol. The maximum atomic E-state index is 13.0. The number of benzene rings is 3. The quantitative estimate of drug-likeness (QED) is 0.571. The molecule has 156 valence electrons. The zero-order valence-corrected chi connectivity index (χ0v) is 18.4. The number of nitrogens with one attached hydrogen (secondary N) is 2. The van der Waals surface area contributed by atoms with E-state index in [1.54, 1.807) is 31.2 Å². The highest BCUT2D eigenvalue weighted by Gasteiger charge is 2.20. The maximum Gasteiger partial charge on any atom is 0.262 e. The number of rotatable bonds is 6. The molecule has 0 aliphatic heterocycles. The highest BCUT2D eigenvalue weighted by atomic mass is 32.2. The molecule has 0 saturated carbocycles. The largest absolute Gasteiger partial charge is 0.322 e. The van der Waals surface area contributed by atoms with E-state index < -0.39 is 10.0 Å². The van der Waals surface area contributed by atoms with Gasteiger partial charge in [-0.25, -0.2) is 8.42 Å². The Morgan fingerprint density at radius 3 is 2.27 bits per heavy atom. The van der Waals surface area contributed by atoms with Crippen LogP contribution in [0.15, 0.2) is 65.6 Å². The zero-order chi connectivity index (χ0) is 21.9. The molecule has 1 amide bonds. The van der Waals surface area contributed by atoms with Crippen molar-refractivity contribution in [2.75, 3.05) is 10.0 Å². The molecule has 0 radical (unpaired) electrons. The summed E-state index contributed by atoms with van der Waals surface area (Å²) < 4.78 is 28.6. The molecule has 0 aliphatic carbocycles. The molecule has 0 saturated heterocycles. The molecule has 0 atom stereocenters. The summed E-state index contributed by atoms with van der Waals surface area (Å²) in [4.78, 5) is 12.9. The van der Waals surface area contributed by atoms with Gasteiger partial charge in [-0.1, -0.05) is 37.3 Å². The minimum atomic E-state index is -3.85. The summed E-state index contributed by atoms with van der Waals surface area (Å²) in [6, 6.07) is 17.7. The lowest BCUT2D eigenvalue weighted by atomic mass is 10.1. The van der Waals surface area contributed by atoms with Gasteiger partial charge in [0.25, 0.3) is 15.9 Å². The predicted octanol–water partition coefficient (Wildman–Crippen LogP) is 5.23. The van der Waals surface area contributed by atoms with Crippen molar-refractivity contribution in [3.05, 3.63) is 88.5 Å². The van der Waals surface area contributed by atoms with Gasteiger partial charge in [0.1, 0.15) is 0 Å². The first-order chi connectivity index (χ1) is 14.2. The molecular formula is C24H26N2O3S. The molecule has 0 spiro atoms. The Bertz CT molecular complexity index is 1200. The van der Waals surface area contributed by atoms with Gasteiger partial charge in [-0.3, -0.25) is 9.52 Å². The number of hydrogen-bond acceptors (Lipinski definition) is 3. The molecule has 5 nitrogen and oxygen atoms in total. The van der Waals surface area contributed by atoms with Crippen molar-refractivity contribution in [1.29, 1.82) is 0 Å². The number of sulfonamides is 1. The molecule has 30 heavy (non-hydrogen) atoms. The lowest BCUT2D eigenvalue weighted by Crippen LogP contribution is -2.17. The molecule has 0 heterocycles. The smallest absolute Gasteiger partial charge is 0.262 e. The summed E-state index contributed by atoms with van der Waals surface area (Å²) >= 11 is 0. The Hall–Kier alpha value is -3.12. The summed E-state index contributed by atoms with van der Waals surface area (Å²) in [5.74, 6) is -0.349. The molecule has 0 bridgehead atoms. The molecule has 0 aromatic heterocycles. The van der Waals surface area contributed by atoms with Crippen LogP contribution in [0.2, 0.25) is 0 Å². The van der Waals surface area contributed by atoms with Crippen LogP contribution in [0, 0.1) is 20.8 Å². The zero-order valence-electron chi connectivity index (χ0n) is 17.6. The van der Waals surface area contributed by atoms with Crippen molar-refractivity contribution in [2.24, 2.45) is 0 Å². The van der Waals surface area contributed by atoms with Crippen LogP contribution in [-0.2, 0) is 16.4 Å². The second-order valence-corrected chi connectivity index (χ2v) is 9.00. The SMILES string of the molecule is CCc1ccccc1NC(=O)c1ccc(C)c(S(=O)(=O)Nc2ccc(C)c(C)c2)c1. The third-order valence-electron chi connectivity index (χ3n) is 5.15. The first kappa shape index (κ1) is 21.6. The van der Waals surface area contributed by atoms with E-state index >= 15 is 0 Å². The molecule has 0 unspecified atom stereocenters. The van der Waals surface area contributed by atoms with Gasteiger partial charge in [0.15, 0.2) is 0 Å². The molecule has 3 aromatic carbocycles. The molecule has 3 aromatic rings. The minimum Gasteiger partial charge on any atom is -0.322 e. The number of hydrogen-bond donors (Lipinski definition) is 2. The van der Waals surface area contributed by atoms with Gasteiger partial charge in [-0.15, -0.1) is 0 Å². The third-order valence-corrected chi connectivity index (χ3v) is 6.67. The second-order valence-electron chi connectivity index (χ2n) is 7.35. The fourth-order valence-corrected chi connectivity index (χ4v) is 4.51. The van der Waals surface area contributed by atoms with Crippen LogP contribution in [-0.4, -0.2) is 14.3 Å². The van der Waals surface area contributed by atoms with Crippen LogP contribution >= 0.6 is 0 Å². The lowest BCUT2D eigenvalue weighted by Gasteiger charge is -2.14. The van der Waals surface area contributed by atoms with Crippen LogP contribution in [0.25, 0.3) is 0 Å². The van der Waals surface area contributed by atoms with Crippen LogP contribution in [0.5, 0.6) is 0 Å². The van der Waals surface area contributed by atoms with E-state index in [1.807, 2.05) is 51.1 Å². The van der Waals surface area contributed by atoms with Crippen LogP contribution in [0.1, 0.15) is 39.5 Å². The standard InChI is InChI=1S/C24H26N2O3S/c1-5-19-8-6-7-9-22(19)25-24(27)20-12-10-17(3)23(15-20)30(28,29)26-21-13-11-16(2)18(4)14-21/h6-15,26H,5H2,1-4H3,(H,25,27). The van der Waals surface area contributed by atoms with Crippen molar-refractivity contribution in [2.45, 2.75) is 39.0 Å². The summed E-state index contributed by atoms with van der Waals surface area (Å²) in [6.07, 6.45) is 0.782. The molecule has 0 fully saturated rings. The number of carbonyl (C=O) groups excluding carboxylic acids is 1. The van der Waals surface area contributed by atoms with Crippen molar-refractivity contribution in [1.82, 2.24) is 0 Å². The first-order valence-corrected chi connectivity index (χ1v) is 11.3. The molecule has 6 heteroatoms. The topological polar surface area (TPSA) is 75.3 Å². The fourth-order valence-electron chi connectivity index (χ4n) is 3.19.